The molecule has 1 aliphatic heterocycles. The van der Waals surface area contributed by atoms with Crippen LogP contribution in [0.25, 0.3) is 11.4 Å². The van der Waals surface area contributed by atoms with Crippen LogP contribution < -0.4 is 16.0 Å². The summed E-state index contributed by atoms with van der Waals surface area (Å²) in [6, 6.07) is 7.69. The van der Waals surface area contributed by atoms with Crippen molar-refractivity contribution in [1.29, 1.82) is 0 Å². The molecule has 0 unspecified atom stereocenters. The molecule has 1 fully saturated rings. The number of aromatic nitrogens is 2. The van der Waals surface area contributed by atoms with E-state index in [2.05, 4.69) is 36.0 Å². The third-order valence-corrected chi connectivity index (χ3v) is 5.22. The monoisotopic (exact) mass is 561 g/mol. The Bertz CT molecular complexity index is 869. The first-order valence-electron chi connectivity index (χ1n) is 10.1. The van der Waals surface area contributed by atoms with Gasteiger partial charge < -0.3 is 20.5 Å². The van der Waals surface area contributed by atoms with Crippen molar-refractivity contribution < 1.29 is 9.32 Å². The Labute approximate surface area is 204 Å². The molecule has 1 amide bonds. The van der Waals surface area contributed by atoms with Gasteiger partial charge in [-0.15, -0.1) is 24.0 Å². The van der Waals surface area contributed by atoms with Crippen LogP contribution in [0.1, 0.15) is 18.7 Å². The van der Waals surface area contributed by atoms with Crippen LogP contribution in [0.15, 0.2) is 33.8 Å². The van der Waals surface area contributed by atoms with Crippen molar-refractivity contribution in [2.75, 3.05) is 40.3 Å². The van der Waals surface area contributed by atoms with Crippen molar-refractivity contribution in [1.82, 2.24) is 31.0 Å². The molecule has 1 aromatic carbocycles. The summed E-state index contributed by atoms with van der Waals surface area (Å²) in [6.07, 6.45) is 2.51. The first-order valence-corrected chi connectivity index (χ1v) is 10.4. The summed E-state index contributed by atoms with van der Waals surface area (Å²) in [5.41, 5.74) is 0.825. The SMILES string of the molecule is CN=C(NCCc1nc(-c2cccc(Cl)c2)no1)NC1CCN(CC(=O)NC)CC1.I. The molecule has 0 saturated carbocycles. The van der Waals surface area contributed by atoms with Gasteiger partial charge in [-0.25, -0.2) is 0 Å². The van der Waals surface area contributed by atoms with Gasteiger partial charge in [0.2, 0.25) is 17.6 Å². The van der Waals surface area contributed by atoms with Crippen molar-refractivity contribution in [3.63, 3.8) is 0 Å². The van der Waals surface area contributed by atoms with E-state index >= 15 is 0 Å². The number of carbonyl (C=O) groups excluding carboxylic acids is 1. The molecular weight excluding hydrogens is 533 g/mol. The molecule has 0 radical (unpaired) electrons. The summed E-state index contributed by atoms with van der Waals surface area (Å²) in [5.74, 6) is 1.88. The van der Waals surface area contributed by atoms with Crippen LogP contribution in [0.2, 0.25) is 5.02 Å². The largest absolute Gasteiger partial charge is 0.358 e. The van der Waals surface area contributed by atoms with E-state index in [0.717, 1.165) is 37.5 Å². The Balaban J connectivity index is 0.00000341. The van der Waals surface area contributed by atoms with Crippen LogP contribution in [-0.4, -0.2) is 73.2 Å². The predicted molar refractivity (Wildman–Crippen MR) is 132 cm³/mol. The third-order valence-electron chi connectivity index (χ3n) is 4.98. The van der Waals surface area contributed by atoms with Crippen LogP contribution >= 0.6 is 35.6 Å². The highest BCUT2D eigenvalue weighted by Crippen LogP contribution is 2.19. The van der Waals surface area contributed by atoms with E-state index in [4.69, 9.17) is 16.1 Å². The minimum absolute atomic E-state index is 0. The van der Waals surface area contributed by atoms with Crippen molar-refractivity contribution in [3.05, 3.63) is 35.2 Å². The number of benzene rings is 1. The highest BCUT2D eigenvalue weighted by Gasteiger charge is 2.21. The second kappa shape index (κ2) is 12.8. The van der Waals surface area contributed by atoms with Crippen LogP contribution in [0.3, 0.4) is 0 Å². The molecule has 1 saturated heterocycles. The number of carbonyl (C=O) groups is 1. The Kier molecular flexibility index (Phi) is 10.5. The number of hydrogen-bond donors (Lipinski definition) is 3. The molecule has 2 heterocycles. The molecule has 11 heteroatoms. The Hall–Kier alpha value is -1.92. The van der Waals surface area contributed by atoms with Gasteiger partial charge in [-0.05, 0) is 25.0 Å². The van der Waals surface area contributed by atoms with E-state index in [1.807, 2.05) is 12.1 Å². The zero-order chi connectivity index (χ0) is 21.3. The Morgan fingerprint density at radius 2 is 2.13 bits per heavy atom. The number of likely N-dealkylation sites (tertiary alicyclic amines) is 1. The minimum Gasteiger partial charge on any atom is -0.358 e. The number of rotatable bonds is 7. The van der Waals surface area contributed by atoms with Crippen LogP contribution in [0.4, 0.5) is 0 Å². The lowest BCUT2D eigenvalue weighted by atomic mass is 10.1. The smallest absolute Gasteiger partial charge is 0.233 e. The Morgan fingerprint density at radius 1 is 1.35 bits per heavy atom. The molecule has 0 bridgehead atoms. The van der Waals surface area contributed by atoms with E-state index in [1.165, 1.54) is 0 Å². The number of nitrogens with one attached hydrogen (secondary N) is 3. The number of halogens is 2. The second-order valence-electron chi connectivity index (χ2n) is 7.14. The van der Waals surface area contributed by atoms with Crippen LogP contribution in [-0.2, 0) is 11.2 Å². The zero-order valence-corrected chi connectivity index (χ0v) is 20.8. The van der Waals surface area contributed by atoms with Gasteiger partial charge in [0.1, 0.15) is 0 Å². The van der Waals surface area contributed by atoms with Gasteiger partial charge in [-0.2, -0.15) is 4.98 Å². The van der Waals surface area contributed by atoms with Crippen molar-refractivity contribution in [3.8, 4) is 11.4 Å². The number of guanidine groups is 1. The predicted octanol–water partition coefficient (Wildman–Crippen LogP) is 1.93. The second-order valence-corrected chi connectivity index (χ2v) is 7.58. The fraction of sp³-hybridized carbons (Fsp3) is 0.500. The average molecular weight is 562 g/mol. The molecule has 1 aliphatic rings. The quantitative estimate of drug-likeness (QED) is 0.269. The van der Waals surface area contributed by atoms with E-state index < -0.39 is 0 Å². The standard InChI is InChI=1S/C20H28ClN7O2.HI/c1-22-17(29)13-28-10-7-16(8-11-28)25-20(23-2)24-9-6-18-26-19(27-30-18)14-4-3-5-15(21)12-14;/h3-5,12,16H,6-11,13H2,1-2H3,(H,22,29)(H2,23,24,25);1H. The van der Waals surface area contributed by atoms with Gasteiger partial charge in [0.25, 0.3) is 0 Å². The minimum atomic E-state index is 0. The van der Waals surface area contributed by atoms with E-state index in [0.29, 0.717) is 42.3 Å². The molecular formula is C20H29ClIN7O2. The summed E-state index contributed by atoms with van der Waals surface area (Å²) in [6.45, 7) is 2.84. The maximum Gasteiger partial charge on any atom is 0.233 e. The van der Waals surface area contributed by atoms with Crippen LogP contribution in [0, 0.1) is 0 Å². The number of aliphatic imine (C=N–C) groups is 1. The maximum absolute atomic E-state index is 11.5. The fourth-order valence-corrected chi connectivity index (χ4v) is 3.48. The molecule has 9 nitrogen and oxygen atoms in total. The first kappa shape index (κ1) is 25.3. The number of nitrogens with zero attached hydrogens (tertiary/aromatic N) is 4. The number of likely N-dealkylation sites (N-methyl/N-ethyl adjacent to an activating group) is 1. The first-order chi connectivity index (χ1) is 14.6. The van der Waals surface area contributed by atoms with Gasteiger partial charge in [0.05, 0.1) is 6.54 Å². The lowest BCUT2D eigenvalue weighted by Crippen LogP contribution is -2.50. The average Bonchev–Trinajstić information content (AvgIpc) is 3.23. The van der Waals surface area contributed by atoms with Crippen molar-refractivity contribution >= 4 is 47.4 Å². The molecule has 0 aliphatic carbocycles. The maximum atomic E-state index is 11.5. The molecule has 1 aromatic heterocycles. The molecule has 0 atom stereocenters. The molecule has 31 heavy (non-hydrogen) atoms. The molecule has 0 spiro atoms. The lowest BCUT2D eigenvalue weighted by Gasteiger charge is -2.32. The van der Waals surface area contributed by atoms with Gasteiger partial charge in [0, 0.05) is 56.8 Å². The topological polar surface area (TPSA) is 108 Å². The van der Waals surface area contributed by atoms with Gasteiger partial charge in [0.15, 0.2) is 5.96 Å². The summed E-state index contributed by atoms with van der Waals surface area (Å²) >= 11 is 6.02. The summed E-state index contributed by atoms with van der Waals surface area (Å²) in [4.78, 5) is 22.4. The highest BCUT2D eigenvalue weighted by molar-refractivity contribution is 14.0. The Morgan fingerprint density at radius 3 is 2.81 bits per heavy atom. The van der Waals surface area contributed by atoms with E-state index in [-0.39, 0.29) is 29.9 Å². The molecule has 170 valence electrons. The zero-order valence-electron chi connectivity index (χ0n) is 17.7. The molecule has 3 N–H and O–H groups in total. The summed E-state index contributed by atoms with van der Waals surface area (Å²) in [7, 11) is 3.42. The van der Waals surface area contributed by atoms with Gasteiger partial charge >= 0.3 is 0 Å². The number of amides is 1. The lowest BCUT2D eigenvalue weighted by molar-refractivity contribution is -0.122. The van der Waals surface area contributed by atoms with Crippen LogP contribution in [0.5, 0.6) is 0 Å². The van der Waals surface area contributed by atoms with E-state index in [9.17, 15) is 4.79 Å². The fourth-order valence-electron chi connectivity index (χ4n) is 3.29. The van der Waals surface area contributed by atoms with Gasteiger partial charge in [-0.1, -0.05) is 28.9 Å². The summed E-state index contributed by atoms with van der Waals surface area (Å²) < 4.78 is 5.33. The molecule has 3 rings (SSSR count). The number of piperidine rings is 1. The normalized spacial score (nSPS) is 15.3. The molecule has 2 aromatic rings. The van der Waals surface area contributed by atoms with Gasteiger partial charge in [-0.3, -0.25) is 14.7 Å². The highest BCUT2D eigenvalue weighted by atomic mass is 127. The van der Waals surface area contributed by atoms with Crippen molar-refractivity contribution in [2.24, 2.45) is 4.99 Å². The van der Waals surface area contributed by atoms with Crippen molar-refractivity contribution in [2.45, 2.75) is 25.3 Å². The third kappa shape index (κ3) is 7.93. The van der Waals surface area contributed by atoms with E-state index in [1.54, 1.807) is 26.2 Å². The summed E-state index contributed by atoms with van der Waals surface area (Å²) in [5, 5.41) is 14.1. The number of hydrogen-bond acceptors (Lipinski definition) is 6.